The Hall–Kier alpha value is -1.80. The molecule has 2 aromatic rings. The molecule has 0 heterocycles. The Labute approximate surface area is 143 Å². The summed E-state index contributed by atoms with van der Waals surface area (Å²) in [7, 11) is 0. The van der Waals surface area contributed by atoms with Crippen LogP contribution in [-0.2, 0) is 16.6 Å². The third-order valence-electron chi connectivity index (χ3n) is 4.09. The van der Waals surface area contributed by atoms with Gasteiger partial charge >= 0.3 is 0 Å². The fourth-order valence-electron chi connectivity index (χ4n) is 2.96. The van der Waals surface area contributed by atoms with Crippen molar-refractivity contribution in [3.63, 3.8) is 0 Å². The van der Waals surface area contributed by atoms with E-state index in [2.05, 4.69) is 50.4 Å². The Morgan fingerprint density at radius 3 is 2.35 bits per heavy atom. The predicted molar refractivity (Wildman–Crippen MR) is 96.8 cm³/mol. The lowest BCUT2D eigenvalue weighted by Gasteiger charge is -2.29. The Balaban J connectivity index is 1.93. The summed E-state index contributed by atoms with van der Waals surface area (Å²) in [5.41, 5.74) is 2.16. The van der Waals surface area contributed by atoms with Crippen LogP contribution in [-0.4, -0.2) is 11.9 Å². The van der Waals surface area contributed by atoms with Crippen LogP contribution in [0.3, 0.4) is 0 Å². The molecule has 0 aliphatic heterocycles. The molecule has 0 bridgehead atoms. The van der Waals surface area contributed by atoms with Crippen LogP contribution in [0.5, 0.6) is 0 Å². The first-order chi connectivity index (χ1) is 10.9. The van der Waals surface area contributed by atoms with E-state index < -0.39 is 0 Å². The Morgan fingerprint density at radius 2 is 1.70 bits per heavy atom. The molecular weight excluding hydrogens is 306 g/mol. The van der Waals surface area contributed by atoms with E-state index in [-0.39, 0.29) is 17.4 Å². The Bertz CT molecular complexity index is 652. The smallest absolute Gasteiger partial charge is 0.224 e. The second-order valence-corrected chi connectivity index (χ2v) is 7.10. The fraction of sp³-hybridized carbons (Fsp3) is 0.350. The number of amides is 1. The van der Waals surface area contributed by atoms with Crippen molar-refractivity contribution in [3.05, 3.63) is 70.7 Å². The van der Waals surface area contributed by atoms with Gasteiger partial charge < -0.3 is 5.32 Å². The van der Waals surface area contributed by atoms with Crippen molar-refractivity contribution in [2.75, 3.05) is 0 Å². The number of benzene rings is 2. The van der Waals surface area contributed by atoms with Crippen molar-refractivity contribution in [2.24, 2.45) is 0 Å². The molecule has 0 saturated heterocycles. The lowest BCUT2D eigenvalue weighted by atomic mass is 9.79. The topological polar surface area (TPSA) is 29.1 Å². The summed E-state index contributed by atoms with van der Waals surface area (Å²) in [5.74, 6) is 0.00876. The van der Waals surface area contributed by atoms with Crippen molar-refractivity contribution in [1.29, 1.82) is 0 Å². The van der Waals surface area contributed by atoms with Crippen molar-refractivity contribution in [2.45, 2.75) is 45.1 Å². The van der Waals surface area contributed by atoms with Gasteiger partial charge in [-0.05, 0) is 36.0 Å². The minimum absolute atomic E-state index is 0.00876. The average Bonchev–Trinajstić information content (AvgIpc) is 2.50. The van der Waals surface area contributed by atoms with Gasteiger partial charge in [0.15, 0.2) is 0 Å². The Morgan fingerprint density at radius 1 is 1.09 bits per heavy atom. The van der Waals surface area contributed by atoms with Crippen LogP contribution in [0.25, 0.3) is 0 Å². The molecule has 1 atom stereocenters. The van der Waals surface area contributed by atoms with Gasteiger partial charge in [0.25, 0.3) is 0 Å². The van der Waals surface area contributed by atoms with Crippen LogP contribution in [0, 0.1) is 0 Å². The standard InChI is InChI=1S/C20H24ClNO/c1-15(14-20(2,3)17-10-5-4-6-11-17)22-19(23)13-16-9-7-8-12-18(16)21/h4-12,15H,13-14H2,1-3H3,(H,22,23)/t15-/m0/s1. The van der Waals surface area contributed by atoms with Crippen molar-refractivity contribution in [3.8, 4) is 0 Å². The van der Waals surface area contributed by atoms with Gasteiger partial charge in [0.2, 0.25) is 5.91 Å². The van der Waals surface area contributed by atoms with E-state index in [0.29, 0.717) is 11.4 Å². The third kappa shape index (κ3) is 5.11. The van der Waals surface area contributed by atoms with Crippen LogP contribution in [0.1, 0.15) is 38.3 Å². The van der Waals surface area contributed by atoms with Crippen LogP contribution in [0.2, 0.25) is 5.02 Å². The van der Waals surface area contributed by atoms with Gasteiger partial charge in [-0.2, -0.15) is 0 Å². The van der Waals surface area contributed by atoms with Gasteiger partial charge in [0, 0.05) is 11.1 Å². The number of halogens is 1. The number of carbonyl (C=O) groups excluding carboxylic acids is 1. The molecule has 0 radical (unpaired) electrons. The SMILES string of the molecule is C[C@@H](CC(C)(C)c1ccccc1)NC(=O)Cc1ccccc1Cl. The zero-order valence-electron chi connectivity index (χ0n) is 14.0. The highest BCUT2D eigenvalue weighted by atomic mass is 35.5. The summed E-state index contributed by atoms with van der Waals surface area (Å²) < 4.78 is 0. The molecule has 2 rings (SSSR count). The molecule has 0 saturated carbocycles. The first kappa shape index (κ1) is 17.6. The number of nitrogens with one attached hydrogen (secondary N) is 1. The summed E-state index contributed by atoms with van der Waals surface area (Å²) in [6.45, 7) is 6.47. The minimum atomic E-state index is 0.00876. The van der Waals surface area contributed by atoms with E-state index in [1.54, 1.807) is 0 Å². The molecule has 23 heavy (non-hydrogen) atoms. The number of rotatable bonds is 6. The first-order valence-electron chi connectivity index (χ1n) is 7.97. The zero-order chi connectivity index (χ0) is 16.9. The van der Waals surface area contributed by atoms with Crippen LogP contribution in [0.15, 0.2) is 54.6 Å². The first-order valence-corrected chi connectivity index (χ1v) is 8.34. The Kier molecular flexibility index (Phi) is 5.84. The molecule has 0 aliphatic rings. The molecule has 0 spiro atoms. The van der Waals surface area contributed by atoms with Gasteiger partial charge in [0.05, 0.1) is 6.42 Å². The molecule has 1 amide bonds. The van der Waals surface area contributed by atoms with Crippen molar-refractivity contribution >= 4 is 17.5 Å². The van der Waals surface area contributed by atoms with Crippen LogP contribution >= 0.6 is 11.6 Å². The van der Waals surface area contributed by atoms with Gasteiger partial charge in [-0.3, -0.25) is 4.79 Å². The largest absolute Gasteiger partial charge is 0.353 e. The summed E-state index contributed by atoms with van der Waals surface area (Å²) in [6, 6.07) is 18.0. The van der Waals surface area contributed by atoms with Gasteiger partial charge in [0.1, 0.15) is 0 Å². The van der Waals surface area contributed by atoms with Crippen LogP contribution < -0.4 is 5.32 Å². The highest BCUT2D eigenvalue weighted by Gasteiger charge is 2.24. The second-order valence-electron chi connectivity index (χ2n) is 6.69. The quantitative estimate of drug-likeness (QED) is 0.813. The van der Waals surface area contributed by atoms with Crippen molar-refractivity contribution < 1.29 is 4.79 Å². The van der Waals surface area contributed by atoms with Crippen molar-refractivity contribution in [1.82, 2.24) is 5.32 Å². The molecule has 3 heteroatoms. The van der Waals surface area contributed by atoms with E-state index in [1.165, 1.54) is 5.56 Å². The molecule has 0 fully saturated rings. The molecule has 0 aliphatic carbocycles. The second kappa shape index (κ2) is 7.65. The number of carbonyl (C=O) groups is 1. The molecule has 2 aromatic carbocycles. The lowest BCUT2D eigenvalue weighted by Crippen LogP contribution is -2.38. The summed E-state index contributed by atoms with van der Waals surface area (Å²) in [5, 5.41) is 3.72. The van der Waals surface area contributed by atoms with Gasteiger partial charge in [-0.25, -0.2) is 0 Å². The predicted octanol–water partition coefficient (Wildman–Crippen LogP) is 4.76. The maximum absolute atomic E-state index is 12.2. The normalized spacial score (nSPS) is 12.7. The van der Waals surface area contributed by atoms with Gasteiger partial charge in [-0.15, -0.1) is 0 Å². The molecule has 122 valence electrons. The molecule has 0 unspecified atom stereocenters. The molecule has 1 N–H and O–H groups in total. The summed E-state index contributed by atoms with van der Waals surface area (Å²) >= 11 is 6.11. The van der Waals surface area contributed by atoms with Gasteiger partial charge in [-0.1, -0.05) is 74.0 Å². The third-order valence-corrected chi connectivity index (χ3v) is 4.46. The van der Waals surface area contributed by atoms with E-state index in [9.17, 15) is 4.79 Å². The molecule has 0 aromatic heterocycles. The highest BCUT2D eigenvalue weighted by Crippen LogP contribution is 2.28. The van der Waals surface area contributed by atoms with E-state index in [0.717, 1.165) is 12.0 Å². The van der Waals surface area contributed by atoms with Crippen LogP contribution in [0.4, 0.5) is 0 Å². The van der Waals surface area contributed by atoms with E-state index >= 15 is 0 Å². The monoisotopic (exact) mass is 329 g/mol. The zero-order valence-corrected chi connectivity index (χ0v) is 14.7. The maximum Gasteiger partial charge on any atom is 0.224 e. The number of hydrogen-bond acceptors (Lipinski definition) is 1. The molecule has 2 nitrogen and oxygen atoms in total. The molecular formula is C20H24ClNO. The number of hydrogen-bond donors (Lipinski definition) is 1. The lowest BCUT2D eigenvalue weighted by molar-refractivity contribution is -0.121. The van der Waals surface area contributed by atoms with E-state index in [4.69, 9.17) is 11.6 Å². The minimum Gasteiger partial charge on any atom is -0.353 e. The maximum atomic E-state index is 12.2. The summed E-state index contributed by atoms with van der Waals surface area (Å²) in [4.78, 5) is 12.2. The van der Waals surface area contributed by atoms with E-state index in [1.807, 2.05) is 30.3 Å². The highest BCUT2D eigenvalue weighted by molar-refractivity contribution is 6.31. The average molecular weight is 330 g/mol. The summed E-state index contributed by atoms with van der Waals surface area (Å²) in [6.07, 6.45) is 1.20. The fourth-order valence-corrected chi connectivity index (χ4v) is 3.17.